The maximum absolute atomic E-state index is 12.6. The lowest BCUT2D eigenvalue weighted by atomic mass is 9.96. The molecule has 0 aliphatic carbocycles. The summed E-state index contributed by atoms with van der Waals surface area (Å²) in [6, 6.07) is 2.85. The molecule has 0 bridgehead atoms. The van der Waals surface area contributed by atoms with Crippen LogP contribution in [-0.4, -0.2) is 35.1 Å². The van der Waals surface area contributed by atoms with Gasteiger partial charge in [-0.3, -0.25) is 4.79 Å². The van der Waals surface area contributed by atoms with Crippen LogP contribution < -0.4 is 0 Å². The van der Waals surface area contributed by atoms with Gasteiger partial charge in [-0.25, -0.2) is 4.98 Å². The van der Waals surface area contributed by atoms with Crippen molar-refractivity contribution in [1.82, 2.24) is 9.88 Å². The monoisotopic (exact) mass is 326 g/mol. The number of aromatic nitrogens is 1. The van der Waals surface area contributed by atoms with E-state index in [0.29, 0.717) is 0 Å². The van der Waals surface area contributed by atoms with Gasteiger partial charge >= 0.3 is 6.18 Å². The number of pyridine rings is 1. The van der Waals surface area contributed by atoms with Gasteiger partial charge in [0.1, 0.15) is 10.3 Å². The van der Waals surface area contributed by atoms with Crippen LogP contribution in [0.25, 0.3) is 0 Å². The predicted molar refractivity (Wildman–Crippen MR) is 68.9 cm³/mol. The van der Waals surface area contributed by atoms with Crippen LogP contribution in [0.15, 0.2) is 12.1 Å². The Kier molecular flexibility index (Phi) is 4.44. The molecule has 0 atom stereocenters. The number of halogens is 5. The number of nitrogens with zero attached hydrogens (tertiary/aromatic N) is 2. The fraction of sp³-hybridized carbons (Fsp3) is 0.500. The highest BCUT2D eigenvalue weighted by molar-refractivity contribution is 6.34. The second kappa shape index (κ2) is 5.77. The molecule has 1 amide bonds. The van der Waals surface area contributed by atoms with E-state index in [-0.39, 0.29) is 41.8 Å². The van der Waals surface area contributed by atoms with Gasteiger partial charge in [-0.2, -0.15) is 13.2 Å². The third-order valence-corrected chi connectivity index (χ3v) is 3.79. The first kappa shape index (κ1) is 15.4. The summed E-state index contributed by atoms with van der Waals surface area (Å²) in [6.07, 6.45) is -4.38. The summed E-state index contributed by atoms with van der Waals surface area (Å²) in [5, 5.41) is 0.114. The minimum Gasteiger partial charge on any atom is -0.339 e. The number of piperidine rings is 1. The van der Waals surface area contributed by atoms with Gasteiger partial charge in [0.25, 0.3) is 5.91 Å². The Morgan fingerprint density at radius 1 is 1.25 bits per heavy atom. The molecule has 1 saturated heterocycles. The van der Waals surface area contributed by atoms with Crippen LogP contribution in [0.2, 0.25) is 10.3 Å². The largest absolute Gasteiger partial charge is 0.391 e. The van der Waals surface area contributed by atoms with E-state index < -0.39 is 18.0 Å². The smallest absolute Gasteiger partial charge is 0.339 e. The maximum atomic E-state index is 12.6. The molecule has 0 unspecified atom stereocenters. The van der Waals surface area contributed by atoms with E-state index in [2.05, 4.69) is 4.98 Å². The van der Waals surface area contributed by atoms with Gasteiger partial charge in [0.2, 0.25) is 0 Å². The van der Waals surface area contributed by atoms with Crippen molar-refractivity contribution >= 4 is 29.1 Å². The molecule has 1 fully saturated rings. The van der Waals surface area contributed by atoms with Gasteiger partial charge in [0.05, 0.1) is 11.5 Å². The zero-order valence-corrected chi connectivity index (χ0v) is 11.8. The average Bonchev–Trinajstić information content (AvgIpc) is 2.37. The van der Waals surface area contributed by atoms with Crippen LogP contribution in [0.5, 0.6) is 0 Å². The molecule has 20 heavy (non-hydrogen) atoms. The summed E-state index contributed by atoms with van der Waals surface area (Å²) >= 11 is 11.5. The molecule has 0 saturated carbocycles. The molecule has 3 nitrogen and oxygen atoms in total. The Morgan fingerprint density at radius 2 is 1.85 bits per heavy atom. The molecular weight excluding hydrogens is 316 g/mol. The Labute approximate surface area is 123 Å². The Morgan fingerprint density at radius 3 is 2.35 bits per heavy atom. The van der Waals surface area contributed by atoms with Gasteiger partial charge in [-0.1, -0.05) is 23.2 Å². The van der Waals surface area contributed by atoms with Gasteiger partial charge in [-0.05, 0) is 25.0 Å². The van der Waals surface area contributed by atoms with Crippen molar-refractivity contribution in [3.8, 4) is 0 Å². The lowest BCUT2D eigenvalue weighted by Crippen LogP contribution is -2.42. The molecule has 2 heterocycles. The number of hydrogen-bond donors (Lipinski definition) is 0. The van der Waals surface area contributed by atoms with Crippen LogP contribution >= 0.6 is 23.2 Å². The number of amides is 1. The molecule has 1 aliphatic heterocycles. The highest BCUT2D eigenvalue weighted by Gasteiger charge is 2.41. The van der Waals surface area contributed by atoms with Gasteiger partial charge in [0.15, 0.2) is 0 Å². The minimum absolute atomic E-state index is 0.0413. The summed E-state index contributed by atoms with van der Waals surface area (Å²) in [6.45, 7) is 0.115. The van der Waals surface area contributed by atoms with Gasteiger partial charge in [0, 0.05) is 13.1 Å². The predicted octanol–water partition coefficient (Wildman–Crippen LogP) is 3.80. The Bertz CT molecular complexity index is 514. The normalized spacial score (nSPS) is 17.4. The van der Waals surface area contributed by atoms with Gasteiger partial charge in [-0.15, -0.1) is 0 Å². The lowest BCUT2D eigenvalue weighted by Gasteiger charge is -2.33. The quantitative estimate of drug-likeness (QED) is 0.735. The zero-order valence-electron chi connectivity index (χ0n) is 10.3. The number of likely N-dealkylation sites (tertiary alicyclic amines) is 1. The van der Waals surface area contributed by atoms with Crippen molar-refractivity contribution in [1.29, 1.82) is 0 Å². The second-order valence-corrected chi connectivity index (χ2v) is 5.33. The third-order valence-electron chi connectivity index (χ3n) is 3.29. The molecule has 1 aromatic heterocycles. The second-order valence-electron chi connectivity index (χ2n) is 4.58. The number of rotatable bonds is 1. The summed E-state index contributed by atoms with van der Waals surface area (Å²) in [5.74, 6) is -1.76. The van der Waals surface area contributed by atoms with Gasteiger partial charge < -0.3 is 4.90 Å². The van der Waals surface area contributed by atoms with E-state index in [4.69, 9.17) is 23.2 Å². The fourth-order valence-corrected chi connectivity index (χ4v) is 2.58. The molecule has 1 aromatic rings. The fourth-order valence-electron chi connectivity index (χ4n) is 2.15. The molecule has 1 aliphatic rings. The van der Waals surface area contributed by atoms with Crippen molar-refractivity contribution in [2.24, 2.45) is 5.92 Å². The summed E-state index contributed by atoms with van der Waals surface area (Å²) in [7, 11) is 0. The molecule has 0 spiro atoms. The molecule has 8 heteroatoms. The summed E-state index contributed by atoms with van der Waals surface area (Å²) in [5.41, 5.74) is 0.154. The van der Waals surface area contributed by atoms with Crippen molar-refractivity contribution < 1.29 is 18.0 Å². The van der Waals surface area contributed by atoms with Crippen LogP contribution in [0.1, 0.15) is 23.2 Å². The number of carbonyl (C=O) groups is 1. The van der Waals surface area contributed by atoms with Crippen molar-refractivity contribution in [2.75, 3.05) is 13.1 Å². The number of carbonyl (C=O) groups excluding carboxylic acids is 1. The molecule has 0 radical (unpaired) electrons. The third kappa shape index (κ3) is 3.35. The SMILES string of the molecule is O=C(c1ccc(Cl)nc1Cl)N1CCC(C(F)(F)F)CC1. The standard InChI is InChI=1S/C12H11Cl2F3N2O/c13-9-2-1-8(10(14)18-9)11(20)19-5-3-7(4-6-19)12(15,16)17/h1-2,7H,3-6H2. The lowest BCUT2D eigenvalue weighted by molar-refractivity contribution is -0.183. The molecule has 0 aromatic carbocycles. The van der Waals surface area contributed by atoms with Crippen LogP contribution in [0.4, 0.5) is 13.2 Å². The Hall–Kier alpha value is -1.01. The van der Waals surface area contributed by atoms with E-state index in [1.54, 1.807) is 0 Å². The first-order valence-electron chi connectivity index (χ1n) is 5.97. The highest BCUT2D eigenvalue weighted by atomic mass is 35.5. The molecule has 2 rings (SSSR count). The Balaban J connectivity index is 2.05. The van der Waals surface area contributed by atoms with Crippen molar-refractivity contribution in [3.05, 3.63) is 28.0 Å². The van der Waals surface area contributed by atoms with Crippen molar-refractivity contribution in [2.45, 2.75) is 19.0 Å². The van der Waals surface area contributed by atoms with Crippen LogP contribution in [0.3, 0.4) is 0 Å². The zero-order chi connectivity index (χ0) is 14.9. The van der Waals surface area contributed by atoms with E-state index in [9.17, 15) is 18.0 Å². The number of hydrogen-bond acceptors (Lipinski definition) is 2. The topological polar surface area (TPSA) is 33.2 Å². The molecule has 0 N–H and O–H groups in total. The first-order valence-corrected chi connectivity index (χ1v) is 6.72. The van der Waals surface area contributed by atoms with E-state index in [1.165, 1.54) is 17.0 Å². The van der Waals surface area contributed by atoms with Crippen molar-refractivity contribution in [3.63, 3.8) is 0 Å². The first-order chi connectivity index (χ1) is 9.29. The molecular formula is C12H11Cl2F3N2O. The van der Waals surface area contributed by atoms with E-state index >= 15 is 0 Å². The minimum atomic E-state index is -4.20. The van der Waals surface area contributed by atoms with E-state index in [0.717, 1.165) is 0 Å². The van der Waals surface area contributed by atoms with Crippen LogP contribution in [0, 0.1) is 5.92 Å². The highest BCUT2D eigenvalue weighted by Crippen LogP contribution is 2.34. The average molecular weight is 327 g/mol. The number of alkyl halides is 3. The van der Waals surface area contributed by atoms with E-state index in [1.807, 2.05) is 0 Å². The summed E-state index contributed by atoms with van der Waals surface area (Å²) in [4.78, 5) is 17.3. The summed E-state index contributed by atoms with van der Waals surface area (Å²) < 4.78 is 37.7. The maximum Gasteiger partial charge on any atom is 0.391 e. The molecule has 110 valence electrons. The van der Waals surface area contributed by atoms with Crippen LogP contribution in [-0.2, 0) is 0 Å².